The lowest BCUT2D eigenvalue weighted by Crippen LogP contribution is -2.60. The molecule has 0 aliphatic carbocycles. The number of Topliss-reactive ketones (excluding diaryl/α,β-unsaturated/α-hetero) is 1. The Bertz CT molecular complexity index is 2640. The molecule has 0 saturated carbocycles. The van der Waals surface area contributed by atoms with E-state index in [0.717, 1.165) is 25.1 Å². The maximum Gasteiger partial charge on any atom is 0.270 e. The normalized spacial score (nSPS) is 17.5. The van der Waals surface area contributed by atoms with Crippen molar-refractivity contribution in [1.82, 2.24) is 35.3 Å². The predicted molar refractivity (Wildman–Crippen MR) is 262 cm³/mol. The fourth-order valence-corrected chi connectivity index (χ4v) is 8.97. The summed E-state index contributed by atoms with van der Waals surface area (Å²) >= 11 is 25.0. The predicted octanol–water partition coefficient (Wildman–Crippen LogP) is 6.64. The Morgan fingerprint density at radius 3 is 2.06 bits per heavy atom. The number of benzene rings is 4. The molecule has 4 aromatic carbocycles. The second-order valence-electron chi connectivity index (χ2n) is 16.9. The number of nitrogens with zero attached hydrogens (tertiary/aromatic N) is 5. The number of fused-ring (bicyclic) bond motifs is 1. The van der Waals surface area contributed by atoms with Crippen LogP contribution in [0.1, 0.15) is 38.3 Å². The van der Waals surface area contributed by atoms with Crippen LogP contribution >= 0.6 is 46.4 Å². The number of rotatable bonds is 15. The zero-order chi connectivity index (χ0) is 47.0. The van der Waals surface area contributed by atoms with Crippen molar-refractivity contribution in [2.45, 2.75) is 37.6 Å². The number of nitrogens with one attached hydrogen (secondary N) is 3. The van der Waals surface area contributed by atoms with E-state index in [9.17, 15) is 24.3 Å². The molecule has 2 saturated heterocycles. The van der Waals surface area contributed by atoms with Crippen LogP contribution in [-0.2, 0) is 33.8 Å². The molecule has 1 aromatic heterocycles. The molecular formula is C50H48Cl4N8O5. The van der Waals surface area contributed by atoms with Crippen LogP contribution in [0.2, 0.25) is 20.1 Å². The number of aliphatic hydroxyl groups excluding tert-OH is 1. The molecule has 0 spiro atoms. The first-order valence-electron chi connectivity index (χ1n) is 21.9. The van der Waals surface area contributed by atoms with Crippen molar-refractivity contribution >= 4 is 87.9 Å². The van der Waals surface area contributed by atoms with Gasteiger partial charge in [-0.3, -0.25) is 29.4 Å². The SMILES string of the molecule is O=C1C(=Cc2ccc(Cl)c(Cl)c2)CN(C(=O)C(Cc2ccccc2)NCC(=O)N2CC(Nc3cc(C(=O)NCC(O)CN4CCc5ccccc5C4)ncn3)C2)CC1=Cc1ccc(Cl)c(Cl)c1. The molecule has 2 fully saturated rings. The zero-order valence-electron chi connectivity index (χ0n) is 36.3. The first kappa shape index (κ1) is 47.8. The lowest BCUT2D eigenvalue weighted by molar-refractivity contribution is -0.135. The van der Waals surface area contributed by atoms with E-state index in [1.165, 1.54) is 17.5 Å². The van der Waals surface area contributed by atoms with Crippen LogP contribution in [0.4, 0.5) is 5.82 Å². The summed E-state index contributed by atoms with van der Waals surface area (Å²) in [6.45, 7) is 2.76. The highest BCUT2D eigenvalue weighted by Crippen LogP contribution is 2.29. The van der Waals surface area contributed by atoms with Gasteiger partial charge in [0.2, 0.25) is 11.8 Å². The number of amides is 3. The van der Waals surface area contributed by atoms with Gasteiger partial charge in [0.1, 0.15) is 17.8 Å². The summed E-state index contributed by atoms with van der Waals surface area (Å²) in [4.78, 5) is 69.1. The van der Waals surface area contributed by atoms with Gasteiger partial charge in [-0.25, -0.2) is 9.97 Å². The largest absolute Gasteiger partial charge is 0.390 e. The van der Waals surface area contributed by atoms with Crippen LogP contribution in [0.5, 0.6) is 0 Å². The van der Waals surface area contributed by atoms with Gasteiger partial charge >= 0.3 is 0 Å². The number of carbonyl (C=O) groups is 4. The minimum absolute atomic E-state index is 0.0138. The first-order valence-corrected chi connectivity index (χ1v) is 23.4. The van der Waals surface area contributed by atoms with Gasteiger partial charge in [0.15, 0.2) is 5.78 Å². The molecule has 2 unspecified atom stereocenters. The number of ketones is 1. The van der Waals surface area contributed by atoms with E-state index in [4.69, 9.17) is 46.4 Å². The quantitative estimate of drug-likeness (QED) is 0.0839. The summed E-state index contributed by atoms with van der Waals surface area (Å²) in [5.41, 5.74) is 5.63. The Kier molecular flexibility index (Phi) is 15.7. The maximum atomic E-state index is 14.6. The third-order valence-electron chi connectivity index (χ3n) is 11.9. The molecule has 0 bridgehead atoms. The van der Waals surface area contributed by atoms with Crippen molar-refractivity contribution in [3.63, 3.8) is 0 Å². The van der Waals surface area contributed by atoms with E-state index < -0.39 is 18.1 Å². The van der Waals surface area contributed by atoms with Crippen molar-refractivity contribution in [3.8, 4) is 0 Å². The summed E-state index contributed by atoms with van der Waals surface area (Å²) in [5.74, 6) is -0.737. The molecule has 346 valence electrons. The van der Waals surface area contributed by atoms with E-state index in [-0.39, 0.29) is 61.9 Å². The van der Waals surface area contributed by atoms with E-state index in [1.807, 2.05) is 42.5 Å². The fraction of sp³-hybridized carbons (Fsp3) is 0.280. The smallest absolute Gasteiger partial charge is 0.270 e. The molecule has 3 aliphatic rings. The van der Waals surface area contributed by atoms with Gasteiger partial charge in [-0.15, -0.1) is 0 Å². The van der Waals surface area contributed by atoms with Crippen molar-refractivity contribution in [2.75, 3.05) is 57.7 Å². The standard InChI is InChI=1S/C50H48Cl4N8O5/c51-40-12-10-32(18-42(40)53)16-36-25-62(26-37(48(36)65)17-33-11-13-41(52)43(54)19-33)50(67)45(20-31-6-2-1-3-7-31)55-23-47(64)61-27-38(28-61)59-46-21-44(57-30-58-46)49(66)56-22-39(63)29-60-15-14-34-8-4-5-9-35(34)24-60/h1-13,16-19,21,30,38-39,45,55,63H,14-15,20,22-29H2,(H,56,66)(H,57,58,59). The van der Waals surface area contributed by atoms with Gasteiger partial charge in [0, 0.05) is 69.6 Å². The highest BCUT2D eigenvalue weighted by molar-refractivity contribution is 6.42. The van der Waals surface area contributed by atoms with Crippen LogP contribution in [0.15, 0.2) is 115 Å². The number of β-amino-alcohol motifs (C(OH)–C–C–N with tert-alkyl or cyclic N) is 1. The Hall–Kier alpha value is -5.64. The average Bonchev–Trinajstić information content (AvgIpc) is 3.31. The first-order chi connectivity index (χ1) is 32.3. The summed E-state index contributed by atoms with van der Waals surface area (Å²) < 4.78 is 0. The molecule has 13 nitrogen and oxygen atoms in total. The summed E-state index contributed by atoms with van der Waals surface area (Å²) in [7, 11) is 0. The van der Waals surface area contributed by atoms with Crippen LogP contribution in [0.25, 0.3) is 12.2 Å². The number of halogens is 4. The van der Waals surface area contributed by atoms with Gasteiger partial charge in [-0.05, 0) is 77.1 Å². The molecule has 5 aromatic rings. The molecule has 67 heavy (non-hydrogen) atoms. The monoisotopic (exact) mass is 980 g/mol. The second kappa shape index (κ2) is 22.0. The van der Waals surface area contributed by atoms with Crippen molar-refractivity contribution in [3.05, 3.63) is 168 Å². The Labute approximate surface area is 408 Å². The lowest BCUT2D eigenvalue weighted by atomic mass is 9.93. The molecule has 3 aliphatic heterocycles. The topological polar surface area (TPSA) is 160 Å². The van der Waals surface area contributed by atoms with Crippen molar-refractivity contribution in [1.29, 1.82) is 0 Å². The molecule has 3 amide bonds. The number of hydrogen-bond acceptors (Lipinski definition) is 10. The number of carbonyl (C=O) groups excluding carboxylic acids is 4. The summed E-state index contributed by atoms with van der Waals surface area (Å²) in [5, 5.41) is 21.4. The minimum atomic E-state index is -0.818. The lowest BCUT2D eigenvalue weighted by Gasteiger charge is -2.40. The van der Waals surface area contributed by atoms with Gasteiger partial charge < -0.3 is 25.5 Å². The van der Waals surface area contributed by atoms with Gasteiger partial charge in [0.05, 0.1) is 44.8 Å². The number of piperidine rings is 1. The molecule has 0 radical (unpaired) electrons. The number of aromatic nitrogens is 2. The van der Waals surface area contributed by atoms with Crippen LogP contribution in [-0.4, -0.2) is 124 Å². The molecule has 17 heteroatoms. The van der Waals surface area contributed by atoms with Gasteiger partial charge in [0.25, 0.3) is 5.91 Å². The number of aliphatic hydroxyl groups is 1. The number of hydrogen-bond donors (Lipinski definition) is 4. The Morgan fingerprint density at radius 2 is 1.40 bits per heavy atom. The van der Waals surface area contributed by atoms with Crippen LogP contribution in [0, 0.1) is 0 Å². The molecule has 4 heterocycles. The third kappa shape index (κ3) is 12.5. The third-order valence-corrected chi connectivity index (χ3v) is 13.4. The number of likely N-dealkylation sites (tertiary alicyclic amines) is 2. The highest BCUT2D eigenvalue weighted by atomic mass is 35.5. The van der Waals surface area contributed by atoms with Gasteiger partial charge in [-0.2, -0.15) is 0 Å². The average molecular weight is 983 g/mol. The minimum Gasteiger partial charge on any atom is -0.390 e. The van der Waals surface area contributed by atoms with Crippen LogP contribution in [0.3, 0.4) is 0 Å². The molecule has 4 N–H and O–H groups in total. The number of anilines is 1. The Balaban J connectivity index is 0.879. The van der Waals surface area contributed by atoms with Gasteiger partial charge in [-0.1, -0.05) is 113 Å². The molecule has 8 rings (SSSR count). The zero-order valence-corrected chi connectivity index (χ0v) is 39.3. The van der Waals surface area contributed by atoms with Crippen LogP contribution < -0.4 is 16.0 Å². The molecular weight excluding hydrogens is 934 g/mol. The Morgan fingerprint density at radius 1 is 0.761 bits per heavy atom. The second-order valence-corrected chi connectivity index (χ2v) is 18.5. The highest BCUT2D eigenvalue weighted by Gasteiger charge is 2.35. The van der Waals surface area contributed by atoms with E-state index in [0.29, 0.717) is 67.8 Å². The summed E-state index contributed by atoms with van der Waals surface area (Å²) in [6, 6.07) is 28.5. The fourth-order valence-electron chi connectivity index (χ4n) is 8.36. The van der Waals surface area contributed by atoms with Crippen molar-refractivity contribution < 1.29 is 24.3 Å². The van der Waals surface area contributed by atoms with E-state index in [1.54, 1.807) is 64.4 Å². The summed E-state index contributed by atoms with van der Waals surface area (Å²) in [6.07, 6.45) is 5.15. The van der Waals surface area contributed by atoms with E-state index >= 15 is 0 Å². The molecule has 2 atom stereocenters. The van der Waals surface area contributed by atoms with E-state index in [2.05, 4.69) is 43.0 Å². The van der Waals surface area contributed by atoms with Crippen molar-refractivity contribution in [2.24, 2.45) is 0 Å². The maximum absolute atomic E-state index is 14.6.